The summed E-state index contributed by atoms with van der Waals surface area (Å²) in [7, 11) is 0. The van der Waals surface area contributed by atoms with Crippen LogP contribution in [0.5, 0.6) is 0 Å². The van der Waals surface area contributed by atoms with Gasteiger partial charge < -0.3 is 9.88 Å². The number of rotatable bonds is 6. The molecule has 1 spiro atoms. The molecule has 1 atom stereocenters. The molecule has 2 aromatic heterocycles. The number of likely N-dealkylation sites (tertiary alicyclic amines) is 1. The number of piperidine rings is 1. The number of carbonyl (C=O) groups excluding carboxylic acids is 1. The summed E-state index contributed by atoms with van der Waals surface area (Å²) < 4.78 is 2.41. The normalized spacial score (nSPS) is 19.4. The van der Waals surface area contributed by atoms with Crippen molar-refractivity contribution in [2.45, 2.75) is 52.7 Å². The lowest BCUT2D eigenvalue weighted by molar-refractivity contribution is -0.123. The minimum Gasteiger partial charge on any atom is -0.350 e. The lowest BCUT2D eigenvalue weighted by Gasteiger charge is -2.32. The van der Waals surface area contributed by atoms with E-state index >= 15 is 0 Å². The molecule has 6 rings (SSSR count). The first kappa shape index (κ1) is 22.3. The molecule has 1 aliphatic heterocycles. The molecule has 1 saturated heterocycles. The molecule has 35 heavy (non-hydrogen) atoms. The number of fused-ring (bicyclic) bond motifs is 3. The molecule has 2 aliphatic rings. The van der Waals surface area contributed by atoms with Crippen LogP contribution in [0.15, 0.2) is 60.7 Å². The minimum atomic E-state index is 0.172. The van der Waals surface area contributed by atoms with Crippen LogP contribution in [-0.2, 0) is 24.4 Å². The summed E-state index contributed by atoms with van der Waals surface area (Å²) in [5.41, 5.74) is 6.16. The van der Waals surface area contributed by atoms with Gasteiger partial charge in [-0.25, -0.2) is 0 Å². The number of aromatic nitrogens is 2. The molecular formula is C30H34N4O. The molecule has 180 valence electrons. The second-order valence-corrected chi connectivity index (χ2v) is 10.5. The van der Waals surface area contributed by atoms with Crippen LogP contribution in [0.25, 0.3) is 21.8 Å². The first-order chi connectivity index (χ1) is 17.1. The SMILES string of the molecule is CCn1c2ccccc2c2cc(CN3CCC4(CC3)CC4C(=O)NCc3cccc(C)n3)ccc21. The van der Waals surface area contributed by atoms with Gasteiger partial charge in [0, 0.05) is 46.5 Å². The Kier molecular flexibility index (Phi) is 5.60. The lowest BCUT2D eigenvalue weighted by Crippen LogP contribution is -2.36. The molecule has 1 aliphatic carbocycles. The summed E-state index contributed by atoms with van der Waals surface area (Å²) in [5, 5.41) is 5.83. The zero-order valence-electron chi connectivity index (χ0n) is 20.8. The van der Waals surface area contributed by atoms with E-state index in [1.165, 1.54) is 27.4 Å². The Bertz CT molecular complexity index is 1400. The molecule has 4 aromatic rings. The fourth-order valence-electron chi connectivity index (χ4n) is 6.22. The van der Waals surface area contributed by atoms with Crippen molar-refractivity contribution in [2.75, 3.05) is 13.1 Å². The number of aryl methyl sites for hydroxylation is 2. The Morgan fingerprint density at radius 2 is 1.83 bits per heavy atom. The van der Waals surface area contributed by atoms with Crippen LogP contribution in [0.1, 0.15) is 43.1 Å². The van der Waals surface area contributed by atoms with Crippen molar-refractivity contribution in [3.8, 4) is 0 Å². The van der Waals surface area contributed by atoms with Crippen LogP contribution in [-0.4, -0.2) is 33.4 Å². The largest absolute Gasteiger partial charge is 0.350 e. The molecule has 2 aromatic carbocycles. The number of hydrogen-bond acceptors (Lipinski definition) is 3. The predicted octanol–water partition coefficient (Wildman–Crippen LogP) is 5.44. The first-order valence-corrected chi connectivity index (χ1v) is 13.0. The van der Waals surface area contributed by atoms with E-state index in [1.54, 1.807) is 0 Å². The second-order valence-electron chi connectivity index (χ2n) is 10.5. The third kappa shape index (κ3) is 4.12. The van der Waals surface area contributed by atoms with Crippen molar-refractivity contribution in [2.24, 2.45) is 11.3 Å². The Morgan fingerprint density at radius 1 is 1.03 bits per heavy atom. The average molecular weight is 467 g/mol. The Morgan fingerprint density at radius 3 is 2.63 bits per heavy atom. The summed E-state index contributed by atoms with van der Waals surface area (Å²) in [5.74, 6) is 0.380. The third-order valence-electron chi connectivity index (χ3n) is 8.31. The smallest absolute Gasteiger partial charge is 0.224 e. The first-order valence-electron chi connectivity index (χ1n) is 13.0. The monoisotopic (exact) mass is 466 g/mol. The molecule has 3 heterocycles. The summed E-state index contributed by atoms with van der Waals surface area (Å²) >= 11 is 0. The number of hydrogen-bond donors (Lipinski definition) is 1. The highest BCUT2D eigenvalue weighted by Gasteiger charge is 2.58. The summed E-state index contributed by atoms with van der Waals surface area (Å²) in [6.45, 7) is 8.82. The molecule has 0 bridgehead atoms. The fourth-order valence-corrected chi connectivity index (χ4v) is 6.22. The van der Waals surface area contributed by atoms with Crippen LogP contribution < -0.4 is 5.32 Å². The molecule has 1 N–H and O–H groups in total. The Hall–Kier alpha value is -3.18. The Labute approximate surface area is 207 Å². The van der Waals surface area contributed by atoms with Gasteiger partial charge in [0.1, 0.15) is 0 Å². The van der Waals surface area contributed by atoms with Gasteiger partial charge in [0.05, 0.1) is 12.2 Å². The van der Waals surface area contributed by atoms with Crippen LogP contribution in [0.4, 0.5) is 0 Å². The molecule has 1 saturated carbocycles. The molecule has 2 fully saturated rings. The van der Waals surface area contributed by atoms with Crippen molar-refractivity contribution < 1.29 is 4.79 Å². The van der Waals surface area contributed by atoms with Crippen molar-refractivity contribution >= 4 is 27.7 Å². The summed E-state index contributed by atoms with van der Waals surface area (Å²) in [6.07, 6.45) is 3.27. The predicted molar refractivity (Wildman–Crippen MR) is 141 cm³/mol. The summed E-state index contributed by atoms with van der Waals surface area (Å²) in [6, 6.07) is 21.7. The highest BCUT2D eigenvalue weighted by atomic mass is 16.2. The number of pyridine rings is 1. The second kappa shape index (κ2) is 8.80. The van der Waals surface area contributed by atoms with Crippen LogP contribution in [0.3, 0.4) is 0 Å². The van der Waals surface area contributed by atoms with E-state index < -0.39 is 0 Å². The van der Waals surface area contributed by atoms with Gasteiger partial charge in [-0.3, -0.25) is 14.7 Å². The Balaban J connectivity index is 1.07. The van der Waals surface area contributed by atoms with Gasteiger partial charge in [-0.1, -0.05) is 30.3 Å². The van der Waals surface area contributed by atoms with Crippen molar-refractivity contribution in [1.82, 2.24) is 19.8 Å². The molecule has 5 nitrogen and oxygen atoms in total. The lowest BCUT2D eigenvalue weighted by atomic mass is 9.90. The van der Waals surface area contributed by atoms with Gasteiger partial charge in [0.2, 0.25) is 5.91 Å². The highest BCUT2D eigenvalue weighted by molar-refractivity contribution is 6.08. The van der Waals surface area contributed by atoms with E-state index in [0.717, 1.165) is 56.8 Å². The van der Waals surface area contributed by atoms with Gasteiger partial charge in [-0.05, 0) is 87.5 Å². The number of benzene rings is 2. The number of nitrogens with zero attached hydrogens (tertiary/aromatic N) is 3. The van der Waals surface area contributed by atoms with E-state index in [4.69, 9.17) is 0 Å². The van der Waals surface area contributed by atoms with Crippen molar-refractivity contribution in [3.63, 3.8) is 0 Å². The minimum absolute atomic E-state index is 0.172. The van der Waals surface area contributed by atoms with Crippen LogP contribution >= 0.6 is 0 Å². The van der Waals surface area contributed by atoms with Crippen molar-refractivity contribution in [1.29, 1.82) is 0 Å². The number of para-hydroxylation sites is 1. The van der Waals surface area contributed by atoms with E-state index in [2.05, 4.69) is 69.2 Å². The van der Waals surface area contributed by atoms with E-state index in [1.807, 2.05) is 25.1 Å². The maximum absolute atomic E-state index is 12.8. The summed E-state index contributed by atoms with van der Waals surface area (Å²) in [4.78, 5) is 19.9. The molecular weight excluding hydrogens is 432 g/mol. The van der Waals surface area contributed by atoms with Crippen molar-refractivity contribution in [3.05, 3.63) is 77.6 Å². The number of carbonyl (C=O) groups is 1. The van der Waals surface area contributed by atoms with Gasteiger partial charge in [-0.15, -0.1) is 0 Å². The van der Waals surface area contributed by atoms with Gasteiger partial charge in [0.25, 0.3) is 0 Å². The topological polar surface area (TPSA) is 50.2 Å². The average Bonchev–Trinajstić information content (AvgIpc) is 3.49. The fraction of sp³-hybridized carbons (Fsp3) is 0.400. The maximum Gasteiger partial charge on any atom is 0.224 e. The van der Waals surface area contributed by atoms with Crippen LogP contribution in [0, 0.1) is 18.3 Å². The zero-order valence-corrected chi connectivity index (χ0v) is 20.8. The third-order valence-corrected chi connectivity index (χ3v) is 8.31. The quantitative estimate of drug-likeness (QED) is 0.412. The van der Waals surface area contributed by atoms with E-state index in [-0.39, 0.29) is 17.2 Å². The molecule has 1 amide bonds. The molecule has 5 heteroatoms. The van der Waals surface area contributed by atoms with E-state index in [0.29, 0.717) is 6.54 Å². The van der Waals surface area contributed by atoms with E-state index in [9.17, 15) is 4.79 Å². The molecule has 1 unspecified atom stereocenters. The van der Waals surface area contributed by atoms with Gasteiger partial charge in [-0.2, -0.15) is 0 Å². The standard InChI is InChI=1S/C30H34N4O/c1-3-34-27-10-5-4-9-24(27)25-17-22(11-12-28(25)34)20-33-15-13-30(14-16-33)18-26(30)29(35)31-19-23-8-6-7-21(2)32-23/h4-12,17,26H,3,13-16,18-20H2,1-2H3,(H,31,35). The van der Waals surface area contributed by atoms with Gasteiger partial charge in [0.15, 0.2) is 0 Å². The number of amides is 1. The number of nitrogens with one attached hydrogen (secondary N) is 1. The van der Waals surface area contributed by atoms with Crippen LogP contribution in [0.2, 0.25) is 0 Å². The highest BCUT2D eigenvalue weighted by Crippen LogP contribution is 2.59. The molecule has 0 radical (unpaired) electrons. The maximum atomic E-state index is 12.8. The zero-order chi connectivity index (χ0) is 24.0. The van der Waals surface area contributed by atoms with Gasteiger partial charge >= 0.3 is 0 Å².